The number of rotatable bonds is 4. The Labute approximate surface area is 78.4 Å². The predicted octanol–water partition coefficient (Wildman–Crippen LogP) is 2.56. The lowest BCUT2D eigenvalue weighted by Crippen LogP contribution is -2.20. The van der Waals surface area contributed by atoms with E-state index in [9.17, 15) is 13.6 Å². The van der Waals surface area contributed by atoms with E-state index in [4.69, 9.17) is 0 Å². The number of halogens is 3. The zero-order valence-electron chi connectivity index (χ0n) is 6.94. The first-order chi connectivity index (χ1) is 5.37. The SMILES string of the molecule is CCOC(=O)C(C)CC(F)(F)Br. The van der Waals surface area contributed by atoms with E-state index in [1.54, 1.807) is 6.92 Å². The van der Waals surface area contributed by atoms with Crippen molar-refractivity contribution < 1.29 is 18.3 Å². The molecule has 0 bridgehead atoms. The first-order valence-corrected chi connectivity index (χ1v) is 4.39. The van der Waals surface area contributed by atoms with Crippen LogP contribution in [0.15, 0.2) is 0 Å². The van der Waals surface area contributed by atoms with Crippen molar-refractivity contribution in [2.24, 2.45) is 5.92 Å². The van der Waals surface area contributed by atoms with Crippen LogP contribution in [-0.2, 0) is 9.53 Å². The molecule has 1 unspecified atom stereocenters. The second kappa shape index (κ2) is 4.74. The zero-order valence-corrected chi connectivity index (χ0v) is 8.53. The van der Waals surface area contributed by atoms with E-state index in [0.29, 0.717) is 0 Å². The number of hydrogen-bond acceptors (Lipinski definition) is 2. The molecule has 0 N–H and O–H groups in total. The fraction of sp³-hybridized carbons (Fsp3) is 0.857. The summed E-state index contributed by atoms with van der Waals surface area (Å²) < 4.78 is 29.1. The van der Waals surface area contributed by atoms with Gasteiger partial charge in [0.1, 0.15) is 0 Å². The van der Waals surface area contributed by atoms with E-state index in [0.717, 1.165) is 0 Å². The molecule has 5 heteroatoms. The Hall–Kier alpha value is -0.190. The van der Waals surface area contributed by atoms with Gasteiger partial charge in [0, 0.05) is 6.42 Å². The smallest absolute Gasteiger partial charge is 0.308 e. The van der Waals surface area contributed by atoms with Crippen molar-refractivity contribution in [3.05, 3.63) is 0 Å². The van der Waals surface area contributed by atoms with Gasteiger partial charge in [-0.1, -0.05) is 6.92 Å². The first kappa shape index (κ1) is 11.8. The van der Waals surface area contributed by atoms with Crippen LogP contribution in [0.4, 0.5) is 8.78 Å². The summed E-state index contributed by atoms with van der Waals surface area (Å²) in [6.07, 6.45) is -0.536. The van der Waals surface area contributed by atoms with Crippen molar-refractivity contribution >= 4 is 21.9 Å². The molecule has 0 aromatic carbocycles. The van der Waals surface area contributed by atoms with Gasteiger partial charge in [0.15, 0.2) is 0 Å². The lowest BCUT2D eigenvalue weighted by atomic mass is 10.1. The molecule has 0 aliphatic carbocycles. The Balaban J connectivity index is 3.87. The molecule has 0 saturated heterocycles. The van der Waals surface area contributed by atoms with E-state index < -0.39 is 23.1 Å². The van der Waals surface area contributed by atoms with E-state index in [2.05, 4.69) is 20.7 Å². The van der Waals surface area contributed by atoms with Gasteiger partial charge in [0.2, 0.25) is 0 Å². The molecule has 72 valence electrons. The van der Waals surface area contributed by atoms with Gasteiger partial charge in [-0.2, -0.15) is 8.78 Å². The van der Waals surface area contributed by atoms with Crippen LogP contribution in [0.25, 0.3) is 0 Å². The molecule has 0 aliphatic heterocycles. The summed E-state index contributed by atoms with van der Waals surface area (Å²) >= 11 is 2.16. The lowest BCUT2D eigenvalue weighted by molar-refractivity contribution is -0.149. The van der Waals surface area contributed by atoms with Crippen molar-refractivity contribution in [1.82, 2.24) is 0 Å². The molecule has 0 saturated carbocycles. The quantitative estimate of drug-likeness (QED) is 0.562. The molecule has 0 spiro atoms. The van der Waals surface area contributed by atoms with Crippen molar-refractivity contribution in [2.75, 3.05) is 6.61 Å². The van der Waals surface area contributed by atoms with Crippen molar-refractivity contribution in [3.63, 3.8) is 0 Å². The third-order valence-corrected chi connectivity index (χ3v) is 1.55. The van der Waals surface area contributed by atoms with Gasteiger partial charge < -0.3 is 4.74 Å². The summed E-state index contributed by atoms with van der Waals surface area (Å²) in [5, 5.41) is 0. The number of alkyl halides is 3. The number of hydrogen-bond donors (Lipinski definition) is 0. The first-order valence-electron chi connectivity index (χ1n) is 3.60. The lowest BCUT2D eigenvalue weighted by Gasteiger charge is -2.13. The van der Waals surface area contributed by atoms with Gasteiger partial charge in [-0.05, 0) is 22.9 Å². The van der Waals surface area contributed by atoms with Crippen molar-refractivity contribution in [1.29, 1.82) is 0 Å². The third kappa shape index (κ3) is 5.46. The van der Waals surface area contributed by atoms with Gasteiger partial charge in [-0.25, -0.2) is 0 Å². The summed E-state index contributed by atoms with van der Waals surface area (Å²) in [7, 11) is 0. The van der Waals surface area contributed by atoms with Crippen molar-refractivity contribution in [2.45, 2.75) is 25.1 Å². The second-order valence-electron chi connectivity index (χ2n) is 2.47. The van der Waals surface area contributed by atoms with Crippen LogP contribution < -0.4 is 0 Å². The molecule has 0 radical (unpaired) electrons. The molecule has 12 heavy (non-hydrogen) atoms. The Kier molecular flexibility index (Phi) is 4.67. The third-order valence-electron chi connectivity index (χ3n) is 1.23. The minimum atomic E-state index is -2.99. The fourth-order valence-electron chi connectivity index (χ4n) is 0.715. The summed E-state index contributed by atoms with van der Waals surface area (Å²) in [5.74, 6) is -1.36. The number of esters is 1. The van der Waals surface area contributed by atoms with Crippen LogP contribution in [0.3, 0.4) is 0 Å². The molecule has 0 aliphatic rings. The molecular formula is C7H11BrF2O2. The van der Waals surface area contributed by atoms with Crippen LogP contribution in [0, 0.1) is 5.92 Å². The number of ether oxygens (including phenoxy) is 1. The summed E-state index contributed by atoms with van der Waals surface area (Å²) in [4.78, 5) is 7.86. The highest BCUT2D eigenvalue weighted by Crippen LogP contribution is 2.30. The maximum Gasteiger partial charge on any atom is 0.308 e. The van der Waals surface area contributed by atoms with E-state index >= 15 is 0 Å². The predicted molar refractivity (Wildman–Crippen MR) is 44.3 cm³/mol. The minimum Gasteiger partial charge on any atom is -0.466 e. The molecule has 2 nitrogen and oxygen atoms in total. The Bertz CT molecular complexity index is 156. The molecule has 0 amide bonds. The van der Waals surface area contributed by atoms with E-state index in [-0.39, 0.29) is 6.61 Å². The molecule has 1 atom stereocenters. The van der Waals surface area contributed by atoms with Gasteiger partial charge in [-0.15, -0.1) is 0 Å². The number of carbonyl (C=O) groups excluding carboxylic acids is 1. The zero-order chi connectivity index (χ0) is 9.78. The van der Waals surface area contributed by atoms with Crippen LogP contribution in [0.1, 0.15) is 20.3 Å². The van der Waals surface area contributed by atoms with E-state index in [1.807, 2.05) is 0 Å². The molecular weight excluding hydrogens is 234 g/mol. The van der Waals surface area contributed by atoms with Gasteiger partial charge >= 0.3 is 10.8 Å². The number of carbonyl (C=O) groups is 1. The molecule has 0 rings (SSSR count). The Morgan fingerprint density at radius 3 is 2.50 bits per heavy atom. The van der Waals surface area contributed by atoms with E-state index in [1.165, 1.54) is 6.92 Å². The van der Waals surface area contributed by atoms with Crippen molar-refractivity contribution in [3.8, 4) is 0 Å². The maximum absolute atomic E-state index is 12.3. The average molecular weight is 245 g/mol. The summed E-state index contributed by atoms with van der Waals surface area (Å²) in [6.45, 7) is 3.26. The second-order valence-corrected chi connectivity index (χ2v) is 3.63. The van der Waals surface area contributed by atoms with Gasteiger partial charge in [0.25, 0.3) is 0 Å². The van der Waals surface area contributed by atoms with Crippen LogP contribution >= 0.6 is 15.9 Å². The highest BCUT2D eigenvalue weighted by molar-refractivity contribution is 9.09. The minimum absolute atomic E-state index is 0.219. The molecule has 0 aromatic rings. The van der Waals surface area contributed by atoms with Gasteiger partial charge in [-0.3, -0.25) is 4.79 Å². The Morgan fingerprint density at radius 1 is 1.67 bits per heavy atom. The normalized spacial score (nSPS) is 14.1. The summed E-state index contributed by atoms with van der Waals surface area (Å²) in [6, 6.07) is 0. The molecule has 0 heterocycles. The Morgan fingerprint density at radius 2 is 2.17 bits per heavy atom. The topological polar surface area (TPSA) is 26.3 Å². The van der Waals surface area contributed by atoms with Gasteiger partial charge in [0.05, 0.1) is 12.5 Å². The van der Waals surface area contributed by atoms with Crippen LogP contribution in [0.2, 0.25) is 0 Å². The maximum atomic E-state index is 12.3. The highest BCUT2D eigenvalue weighted by Gasteiger charge is 2.30. The average Bonchev–Trinajstić information content (AvgIpc) is 1.84. The monoisotopic (exact) mass is 244 g/mol. The summed E-state index contributed by atoms with van der Waals surface area (Å²) in [5.41, 5.74) is 0. The molecule has 0 aromatic heterocycles. The largest absolute Gasteiger partial charge is 0.466 e. The fourth-order valence-corrected chi connectivity index (χ4v) is 1.20. The molecule has 0 fully saturated rings. The van der Waals surface area contributed by atoms with Crippen LogP contribution in [0.5, 0.6) is 0 Å². The standard InChI is InChI=1S/C7H11BrF2O2/c1-3-12-6(11)5(2)4-7(8,9)10/h5H,3-4H2,1-2H3. The van der Waals surface area contributed by atoms with Crippen LogP contribution in [-0.4, -0.2) is 17.4 Å². The highest BCUT2D eigenvalue weighted by atomic mass is 79.9.